The van der Waals surface area contributed by atoms with Crippen molar-refractivity contribution in [1.29, 1.82) is 0 Å². The van der Waals surface area contributed by atoms with Crippen LogP contribution >= 0.6 is 11.6 Å². The molecule has 0 unspecified atom stereocenters. The van der Waals surface area contributed by atoms with Gasteiger partial charge in [-0.05, 0) is 28.8 Å². The highest BCUT2D eigenvalue weighted by Gasteiger charge is 2.53. The summed E-state index contributed by atoms with van der Waals surface area (Å²) in [5.41, 5.74) is 6.56. The van der Waals surface area contributed by atoms with E-state index in [4.69, 9.17) is 11.6 Å². The highest BCUT2D eigenvalue weighted by Crippen LogP contribution is 2.54. The number of hydrogen-bond acceptors (Lipinski definition) is 0. The van der Waals surface area contributed by atoms with Crippen LogP contribution in [0.25, 0.3) is 11.1 Å². The van der Waals surface area contributed by atoms with Gasteiger partial charge in [-0.25, -0.2) is 0 Å². The Labute approximate surface area is 155 Å². The maximum absolute atomic E-state index is 6.44. The van der Waals surface area contributed by atoms with E-state index in [1.807, 2.05) is 6.07 Å². The van der Waals surface area contributed by atoms with Crippen LogP contribution < -0.4 is 0 Å². The van der Waals surface area contributed by atoms with Crippen LogP contribution in [0.1, 0.15) is 16.7 Å². The lowest BCUT2D eigenvalue weighted by molar-refractivity contribution is -0.924. The van der Waals surface area contributed by atoms with Gasteiger partial charge >= 0.3 is 0 Å². The van der Waals surface area contributed by atoms with Crippen molar-refractivity contribution < 1.29 is 4.48 Å². The number of hydrogen-bond donors (Lipinski definition) is 0. The molecule has 0 saturated heterocycles. The molecular weight excluding hydrogens is 326 g/mol. The summed E-state index contributed by atoms with van der Waals surface area (Å²) < 4.78 is 0.812. The second-order valence-corrected chi connectivity index (χ2v) is 8.21. The second kappa shape index (κ2) is 5.72. The monoisotopic (exact) mass is 348 g/mol. The predicted octanol–water partition coefficient (Wildman–Crippen LogP) is 5.51. The molecule has 1 aliphatic rings. The fourth-order valence-corrected chi connectivity index (χ4v) is 4.53. The summed E-state index contributed by atoms with van der Waals surface area (Å²) in [6.07, 6.45) is 0.946. The first-order valence-corrected chi connectivity index (χ1v) is 9.07. The Morgan fingerprint density at radius 1 is 0.760 bits per heavy atom. The molecule has 3 aromatic rings. The van der Waals surface area contributed by atoms with Crippen molar-refractivity contribution in [2.24, 2.45) is 0 Å². The number of nitrogens with zero attached hydrogens (tertiary/aromatic N) is 1. The quantitative estimate of drug-likeness (QED) is 0.547. The van der Waals surface area contributed by atoms with E-state index in [1.165, 1.54) is 27.8 Å². The van der Waals surface area contributed by atoms with E-state index in [1.54, 1.807) is 0 Å². The molecule has 0 bridgehead atoms. The summed E-state index contributed by atoms with van der Waals surface area (Å²) in [4.78, 5) is 0. The third kappa shape index (κ3) is 2.42. The van der Waals surface area contributed by atoms with Crippen molar-refractivity contribution in [3.63, 3.8) is 0 Å². The largest absolute Gasteiger partial charge is 0.318 e. The molecular formula is C23H23ClN+. The molecule has 0 N–H and O–H groups in total. The van der Waals surface area contributed by atoms with Gasteiger partial charge in [0, 0.05) is 22.6 Å². The zero-order valence-corrected chi connectivity index (χ0v) is 15.7. The maximum Gasteiger partial charge on any atom is 0.155 e. The number of likely N-dealkylation sites (N-methyl/N-ethyl adjacent to an activating group) is 1. The summed E-state index contributed by atoms with van der Waals surface area (Å²) in [6.45, 7) is 0. The van der Waals surface area contributed by atoms with E-state index < -0.39 is 0 Å². The van der Waals surface area contributed by atoms with Gasteiger partial charge in [-0.2, -0.15) is 0 Å². The van der Waals surface area contributed by atoms with Gasteiger partial charge in [-0.3, -0.25) is 0 Å². The van der Waals surface area contributed by atoms with Gasteiger partial charge in [-0.1, -0.05) is 72.3 Å². The minimum atomic E-state index is -0.155. The lowest BCUT2D eigenvalue weighted by atomic mass is 9.79. The molecule has 4 rings (SSSR count). The van der Waals surface area contributed by atoms with Crippen molar-refractivity contribution in [3.05, 3.63) is 94.5 Å². The fourth-order valence-electron chi connectivity index (χ4n) is 4.36. The number of halogens is 1. The van der Waals surface area contributed by atoms with Crippen molar-refractivity contribution in [3.8, 4) is 11.1 Å². The molecule has 0 aliphatic heterocycles. The average Bonchev–Trinajstić information content (AvgIpc) is 2.86. The van der Waals surface area contributed by atoms with Crippen LogP contribution in [0.5, 0.6) is 0 Å². The molecule has 1 atom stereocenters. The molecule has 25 heavy (non-hydrogen) atoms. The van der Waals surface area contributed by atoms with E-state index in [-0.39, 0.29) is 5.54 Å². The Morgan fingerprint density at radius 2 is 1.40 bits per heavy atom. The molecule has 1 nitrogen and oxygen atoms in total. The van der Waals surface area contributed by atoms with Gasteiger partial charge in [0.1, 0.15) is 0 Å². The van der Waals surface area contributed by atoms with Crippen LogP contribution in [0.4, 0.5) is 0 Å². The molecule has 0 radical (unpaired) electrons. The van der Waals surface area contributed by atoms with E-state index >= 15 is 0 Å². The van der Waals surface area contributed by atoms with Gasteiger partial charge in [-0.15, -0.1) is 0 Å². The maximum atomic E-state index is 6.44. The molecule has 3 aromatic carbocycles. The first-order valence-electron chi connectivity index (χ1n) is 8.69. The molecule has 0 fully saturated rings. The van der Waals surface area contributed by atoms with Crippen molar-refractivity contribution >= 4 is 11.6 Å². The first kappa shape index (κ1) is 16.4. The van der Waals surface area contributed by atoms with Crippen LogP contribution in [0.3, 0.4) is 0 Å². The van der Waals surface area contributed by atoms with E-state index in [0.29, 0.717) is 0 Å². The lowest BCUT2D eigenvalue weighted by Gasteiger charge is -2.45. The Balaban J connectivity index is 2.05. The van der Waals surface area contributed by atoms with Gasteiger partial charge in [0.2, 0.25) is 0 Å². The minimum Gasteiger partial charge on any atom is -0.318 e. The molecule has 2 heteroatoms. The number of rotatable bonds is 3. The summed E-state index contributed by atoms with van der Waals surface area (Å²) in [5, 5.41) is 0.803. The average molecular weight is 349 g/mol. The number of benzene rings is 3. The van der Waals surface area contributed by atoms with Gasteiger partial charge in [0.05, 0.1) is 21.1 Å². The third-order valence-corrected chi connectivity index (χ3v) is 5.77. The van der Waals surface area contributed by atoms with Crippen LogP contribution in [0, 0.1) is 0 Å². The van der Waals surface area contributed by atoms with Gasteiger partial charge in [0.15, 0.2) is 5.54 Å². The molecule has 0 heterocycles. The summed E-state index contributed by atoms with van der Waals surface area (Å²) in [6, 6.07) is 25.9. The molecule has 0 spiro atoms. The molecule has 0 amide bonds. The molecule has 126 valence electrons. The smallest absolute Gasteiger partial charge is 0.155 e. The van der Waals surface area contributed by atoms with Crippen molar-refractivity contribution in [2.45, 2.75) is 12.0 Å². The molecule has 1 aliphatic carbocycles. The number of fused-ring (bicyclic) bond motifs is 3. The standard InChI is InChI=1S/C23H23ClN/c1-25(2,3)23(16-17-9-5-4-6-10-17)21-12-8-7-11-19(21)20-14-13-18(24)15-22(20)23/h4-15H,16H2,1-3H3/q+1/t23-/m0/s1. The van der Waals surface area contributed by atoms with Crippen LogP contribution in [0.15, 0.2) is 72.8 Å². The lowest BCUT2D eigenvalue weighted by Crippen LogP contribution is -2.55. The van der Waals surface area contributed by atoms with Crippen molar-refractivity contribution in [1.82, 2.24) is 0 Å². The zero-order chi connectivity index (χ0) is 17.7. The van der Waals surface area contributed by atoms with E-state index in [2.05, 4.69) is 87.9 Å². The Morgan fingerprint density at radius 3 is 2.12 bits per heavy atom. The summed E-state index contributed by atoms with van der Waals surface area (Å²) in [5.74, 6) is 0. The Hall–Kier alpha value is -2.09. The topological polar surface area (TPSA) is 0 Å². The van der Waals surface area contributed by atoms with Crippen molar-refractivity contribution in [2.75, 3.05) is 21.1 Å². The highest BCUT2D eigenvalue weighted by atomic mass is 35.5. The van der Waals surface area contributed by atoms with Crippen LogP contribution in [0.2, 0.25) is 5.02 Å². The van der Waals surface area contributed by atoms with Crippen LogP contribution in [-0.4, -0.2) is 25.6 Å². The highest BCUT2D eigenvalue weighted by molar-refractivity contribution is 6.30. The van der Waals surface area contributed by atoms with Crippen LogP contribution in [-0.2, 0) is 12.0 Å². The Kier molecular flexibility index (Phi) is 3.75. The minimum absolute atomic E-state index is 0.155. The first-order chi connectivity index (χ1) is 11.9. The number of quaternary nitrogens is 1. The zero-order valence-electron chi connectivity index (χ0n) is 15.0. The SMILES string of the molecule is C[N+](C)(C)[C@@]1(Cc2ccccc2)c2ccccc2-c2ccc(Cl)cc21. The Bertz CT molecular complexity index is 924. The van der Waals surface area contributed by atoms with E-state index in [0.717, 1.165) is 15.9 Å². The second-order valence-electron chi connectivity index (χ2n) is 7.77. The normalized spacial score (nSPS) is 18.7. The summed E-state index contributed by atoms with van der Waals surface area (Å²) >= 11 is 6.44. The fraction of sp³-hybridized carbons (Fsp3) is 0.217. The van der Waals surface area contributed by atoms with Gasteiger partial charge < -0.3 is 4.48 Å². The molecule has 0 aromatic heterocycles. The summed E-state index contributed by atoms with van der Waals surface area (Å²) in [7, 11) is 6.86. The predicted molar refractivity (Wildman–Crippen MR) is 106 cm³/mol. The molecule has 0 saturated carbocycles. The van der Waals surface area contributed by atoms with E-state index in [9.17, 15) is 0 Å². The third-order valence-electron chi connectivity index (χ3n) is 5.54. The van der Waals surface area contributed by atoms with Gasteiger partial charge in [0.25, 0.3) is 0 Å².